The van der Waals surface area contributed by atoms with Crippen molar-refractivity contribution in [2.45, 2.75) is 64.0 Å². The fourth-order valence-corrected chi connectivity index (χ4v) is 3.63. The number of methoxy groups -OCH3 is 3. The molecule has 0 aromatic carbocycles. The molecule has 0 aromatic rings. The van der Waals surface area contributed by atoms with E-state index >= 15 is 0 Å². The van der Waals surface area contributed by atoms with Crippen LogP contribution in [0, 0.1) is 5.41 Å². The van der Waals surface area contributed by atoms with E-state index in [0.29, 0.717) is 13.0 Å². The van der Waals surface area contributed by atoms with Crippen LogP contribution in [0.25, 0.3) is 0 Å². The summed E-state index contributed by atoms with van der Waals surface area (Å²) < 4.78 is 40.1. The molecule has 0 N–H and O–H groups in total. The van der Waals surface area contributed by atoms with Gasteiger partial charge in [0.25, 0.3) is 0 Å². The fraction of sp³-hybridized carbons (Fsp3) is 0.889. The van der Waals surface area contributed by atoms with Gasteiger partial charge >= 0.3 is 0 Å². The van der Waals surface area contributed by atoms with Crippen LogP contribution in [0.1, 0.15) is 27.2 Å². The maximum Gasteiger partial charge on any atom is 0.230 e. The van der Waals surface area contributed by atoms with Crippen LogP contribution in [0.5, 0.6) is 0 Å². The molecule has 0 bridgehead atoms. The number of fused-ring (bicyclic) bond motifs is 1. The summed E-state index contributed by atoms with van der Waals surface area (Å²) in [5.74, 6) is 0. The van der Waals surface area contributed by atoms with Crippen LogP contribution in [0.4, 0.5) is 0 Å². The molecule has 2 aliphatic rings. The zero-order valence-electron chi connectivity index (χ0n) is 16.1. The Kier molecular flexibility index (Phi) is 7.67. The van der Waals surface area contributed by atoms with Crippen LogP contribution in [-0.2, 0) is 33.2 Å². The Morgan fingerprint density at radius 2 is 1.92 bits per heavy atom. The molecule has 2 aliphatic heterocycles. The summed E-state index contributed by atoms with van der Waals surface area (Å²) in [5.41, 5.74) is -0.275. The first-order chi connectivity index (χ1) is 12.0. The molecule has 25 heavy (non-hydrogen) atoms. The predicted octanol–water partition coefficient (Wildman–Crippen LogP) is 2.10. The molecule has 0 radical (unpaired) electrons. The molecule has 7 nitrogen and oxygen atoms in total. The highest BCUT2D eigenvalue weighted by Gasteiger charge is 2.56. The molecule has 0 amide bonds. The van der Waals surface area contributed by atoms with Gasteiger partial charge in [-0.3, -0.25) is 0 Å². The summed E-state index contributed by atoms with van der Waals surface area (Å²) in [6.07, 6.45) is 2.57. The van der Waals surface area contributed by atoms with E-state index in [1.807, 2.05) is 13.0 Å². The largest absolute Gasteiger partial charge is 0.470 e. The fourth-order valence-electron chi connectivity index (χ4n) is 3.63. The quantitative estimate of drug-likeness (QED) is 0.614. The molecule has 0 spiro atoms. The van der Waals surface area contributed by atoms with Crippen LogP contribution in [0.2, 0.25) is 0 Å². The molecule has 146 valence electrons. The Balaban J connectivity index is 2.21. The minimum absolute atomic E-state index is 0.0661. The van der Waals surface area contributed by atoms with Crippen LogP contribution < -0.4 is 0 Å². The highest BCUT2D eigenvalue weighted by atomic mass is 16.8. The molecule has 0 saturated carbocycles. The molecule has 2 fully saturated rings. The summed E-state index contributed by atoms with van der Waals surface area (Å²) in [5, 5.41) is 0. The summed E-state index contributed by atoms with van der Waals surface area (Å²) in [7, 11) is 5.05. The van der Waals surface area contributed by atoms with Gasteiger partial charge < -0.3 is 33.2 Å². The van der Waals surface area contributed by atoms with Crippen LogP contribution >= 0.6 is 0 Å². The number of rotatable bonds is 8. The summed E-state index contributed by atoms with van der Waals surface area (Å²) in [6.45, 7) is 6.79. The van der Waals surface area contributed by atoms with Gasteiger partial charge in [0.2, 0.25) is 6.29 Å². The third kappa shape index (κ3) is 4.53. The summed E-state index contributed by atoms with van der Waals surface area (Å²) in [6, 6.07) is 0. The van der Waals surface area contributed by atoms with Crippen molar-refractivity contribution in [2.75, 3.05) is 34.7 Å². The molecule has 2 heterocycles. The lowest BCUT2D eigenvalue weighted by Gasteiger charge is -2.54. The minimum Gasteiger partial charge on any atom is -0.470 e. The number of hydrogen-bond acceptors (Lipinski definition) is 7. The zero-order valence-corrected chi connectivity index (χ0v) is 16.1. The van der Waals surface area contributed by atoms with Gasteiger partial charge in [0.15, 0.2) is 6.79 Å². The van der Waals surface area contributed by atoms with Crippen LogP contribution in [0.15, 0.2) is 12.3 Å². The van der Waals surface area contributed by atoms with E-state index in [4.69, 9.17) is 33.2 Å². The first-order valence-electron chi connectivity index (χ1n) is 8.69. The molecule has 0 aromatic heterocycles. The average Bonchev–Trinajstić information content (AvgIpc) is 2.59. The molecule has 6 atom stereocenters. The van der Waals surface area contributed by atoms with Crippen molar-refractivity contribution in [1.82, 2.24) is 0 Å². The van der Waals surface area contributed by atoms with E-state index in [0.717, 1.165) is 0 Å². The normalized spacial score (nSPS) is 36.2. The third-order valence-electron chi connectivity index (χ3n) is 5.03. The standard InChI is InChI=1S/C18H32O7/c1-7-8-22-17-15-14(23-11-24-17)16(21-6)18(2,3)13(25-15)9-12(20-5)10-19-4/h7-8,12-17H,9-11H2,1-6H3/b8-7+/t12-,13+,14-,15-,16+,17-/m0/s1. The first kappa shape index (κ1) is 20.6. The van der Waals surface area contributed by atoms with E-state index in [2.05, 4.69) is 13.8 Å². The van der Waals surface area contributed by atoms with Gasteiger partial charge in [0.1, 0.15) is 12.2 Å². The van der Waals surface area contributed by atoms with Gasteiger partial charge in [-0.15, -0.1) is 0 Å². The van der Waals surface area contributed by atoms with Gasteiger partial charge in [-0.1, -0.05) is 19.9 Å². The molecule has 0 unspecified atom stereocenters. The zero-order chi connectivity index (χ0) is 18.4. The van der Waals surface area contributed by atoms with Crippen molar-refractivity contribution >= 4 is 0 Å². The third-order valence-corrected chi connectivity index (χ3v) is 5.03. The Bertz CT molecular complexity index is 426. The second-order valence-corrected chi connectivity index (χ2v) is 7.01. The minimum atomic E-state index is -0.533. The van der Waals surface area contributed by atoms with Crippen LogP contribution in [0.3, 0.4) is 0 Å². The van der Waals surface area contributed by atoms with E-state index in [-0.39, 0.29) is 42.7 Å². The molecular formula is C18H32O7. The van der Waals surface area contributed by atoms with Crippen molar-refractivity contribution in [3.63, 3.8) is 0 Å². The van der Waals surface area contributed by atoms with E-state index in [9.17, 15) is 0 Å². The molecule has 2 rings (SSSR count). The monoisotopic (exact) mass is 360 g/mol. The van der Waals surface area contributed by atoms with Gasteiger partial charge in [-0.2, -0.15) is 0 Å². The SMILES string of the molecule is C/C=C/O[C@H]1OCO[C@H]2[C@@H]1O[C@H](C[C@@H](COC)OC)C(C)(C)[C@@H]2OC. The number of hydrogen-bond donors (Lipinski definition) is 0. The van der Waals surface area contributed by atoms with E-state index < -0.39 is 6.29 Å². The first-order valence-corrected chi connectivity index (χ1v) is 8.69. The van der Waals surface area contributed by atoms with Crippen molar-refractivity contribution in [1.29, 1.82) is 0 Å². The number of ether oxygens (including phenoxy) is 7. The summed E-state index contributed by atoms with van der Waals surface area (Å²) in [4.78, 5) is 0. The maximum atomic E-state index is 6.40. The van der Waals surface area contributed by atoms with Crippen molar-refractivity contribution in [3.8, 4) is 0 Å². The highest BCUT2D eigenvalue weighted by Crippen LogP contribution is 2.44. The molecule has 0 aliphatic carbocycles. The highest BCUT2D eigenvalue weighted by molar-refractivity contribution is 5.02. The van der Waals surface area contributed by atoms with Gasteiger partial charge in [-0.25, -0.2) is 0 Å². The lowest BCUT2D eigenvalue weighted by molar-refractivity contribution is -0.362. The van der Waals surface area contributed by atoms with Gasteiger partial charge in [0, 0.05) is 33.2 Å². The predicted molar refractivity (Wildman–Crippen MR) is 91.0 cm³/mol. The number of allylic oxidation sites excluding steroid dienone is 1. The Hall–Kier alpha value is -0.700. The molecule has 2 saturated heterocycles. The van der Waals surface area contributed by atoms with Crippen LogP contribution in [-0.4, -0.2) is 71.5 Å². The molecular weight excluding hydrogens is 328 g/mol. The van der Waals surface area contributed by atoms with Crippen molar-refractivity contribution < 1.29 is 33.2 Å². The second kappa shape index (κ2) is 9.30. The Morgan fingerprint density at radius 1 is 1.16 bits per heavy atom. The van der Waals surface area contributed by atoms with Gasteiger partial charge in [-0.05, 0) is 6.92 Å². The van der Waals surface area contributed by atoms with Gasteiger partial charge in [0.05, 0.1) is 31.2 Å². The van der Waals surface area contributed by atoms with E-state index in [1.54, 1.807) is 27.6 Å². The lowest BCUT2D eigenvalue weighted by atomic mass is 9.72. The van der Waals surface area contributed by atoms with E-state index in [1.165, 1.54) is 0 Å². The lowest BCUT2D eigenvalue weighted by Crippen LogP contribution is -2.66. The average molecular weight is 360 g/mol. The Morgan fingerprint density at radius 3 is 2.52 bits per heavy atom. The summed E-state index contributed by atoms with van der Waals surface area (Å²) >= 11 is 0. The second-order valence-electron chi connectivity index (χ2n) is 7.01. The maximum absolute atomic E-state index is 6.40. The molecule has 7 heteroatoms. The van der Waals surface area contributed by atoms with Crippen molar-refractivity contribution in [3.05, 3.63) is 12.3 Å². The van der Waals surface area contributed by atoms with Crippen molar-refractivity contribution in [2.24, 2.45) is 5.41 Å². The Labute approximate surface area is 150 Å². The topological polar surface area (TPSA) is 64.6 Å². The smallest absolute Gasteiger partial charge is 0.230 e.